The van der Waals surface area contributed by atoms with Gasteiger partial charge in [-0.1, -0.05) is 35.3 Å². The van der Waals surface area contributed by atoms with Crippen molar-refractivity contribution in [2.24, 2.45) is 0 Å². The van der Waals surface area contributed by atoms with Gasteiger partial charge in [0, 0.05) is 15.7 Å². The van der Waals surface area contributed by atoms with E-state index in [0.29, 0.717) is 27.6 Å². The molecule has 1 amide bonds. The van der Waals surface area contributed by atoms with Crippen LogP contribution in [0.4, 0.5) is 5.69 Å². The van der Waals surface area contributed by atoms with Crippen molar-refractivity contribution in [3.05, 3.63) is 63.1 Å². The Morgan fingerprint density at radius 1 is 1.05 bits per heavy atom. The number of aliphatic hydroxyl groups excluding tert-OH is 1. The molecule has 20 heavy (non-hydrogen) atoms. The molecule has 0 bridgehead atoms. The van der Waals surface area contributed by atoms with Crippen molar-refractivity contribution >= 4 is 34.8 Å². The number of rotatable bonds is 2. The summed E-state index contributed by atoms with van der Waals surface area (Å²) in [6.45, 7) is 0. The van der Waals surface area contributed by atoms with Gasteiger partial charge in [0.25, 0.3) is 0 Å². The van der Waals surface area contributed by atoms with Crippen LogP contribution < -0.4 is 5.32 Å². The molecule has 0 radical (unpaired) electrons. The van der Waals surface area contributed by atoms with Gasteiger partial charge in [0.1, 0.15) is 6.10 Å². The van der Waals surface area contributed by atoms with Gasteiger partial charge in [-0.15, -0.1) is 0 Å². The molecule has 2 N–H and O–H groups in total. The van der Waals surface area contributed by atoms with Crippen LogP contribution in [0, 0.1) is 0 Å². The molecule has 0 aliphatic carbocycles. The Hall–Kier alpha value is -1.55. The molecule has 3 nitrogen and oxygen atoms in total. The Balaban J connectivity index is 1.97. The average molecular weight is 308 g/mol. The largest absolute Gasteiger partial charge is 0.384 e. The SMILES string of the molecule is O=C1Cc2cc(C(O)c3cc(Cl)cc(Cl)c3)ccc2N1. The molecule has 0 fully saturated rings. The minimum Gasteiger partial charge on any atom is -0.384 e. The van der Waals surface area contributed by atoms with Crippen LogP contribution >= 0.6 is 23.2 Å². The number of fused-ring (bicyclic) bond motifs is 1. The van der Waals surface area contributed by atoms with E-state index in [1.54, 1.807) is 30.3 Å². The third-order valence-corrected chi connectivity index (χ3v) is 3.71. The Labute approximate surface area is 126 Å². The minimum atomic E-state index is -0.827. The van der Waals surface area contributed by atoms with E-state index in [1.807, 2.05) is 6.07 Å². The van der Waals surface area contributed by atoms with E-state index in [0.717, 1.165) is 11.3 Å². The average Bonchev–Trinajstić information content (AvgIpc) is 2.75. The van der Waals surface area contributed by atoms with Crippen molar-refractivity contribution in [3.63, 3.8) is 0 Å². The Morgan fingerprint density at radius 2 is 1.75 bits per heavy atom. The molecule has 1 aliphatic rings. The van der Waals surface area contributed by atoms with E-state index >= 15 is 0 Å². The minimum absolute atomic E-state index is 0.0301. The van der Waals surface area contributed by atoms with Gasteiger partial charge in [0.05, 0.1) is 6.42 Å². The number of carbonyl (C=O) groups is 1. The van der Waals surface area contributed by atoms with Crippen molar-refractivity contribution in [1.82, 2.24) is 0 Å². The zero-order valence-electron chi connectivity index (χ0n) is 10.4. The van der Waals surface area contributed by atoms with E-state index in [1.165, 1.54) is 0 Å². The second kappa shape index (κ2) is 5.09. The lowest BCUT2D eigenvalue weighted by atomic mass is 9.99. The number of anilines is 1. The van der Waals surface area contributed by atoms with Crippen molar-refractivity contribution in [2.45, 2.75) is 12.5 Å². The van der Waals surface area contributed by atoms with Crippen LogP contribution in [-0.2, 0) is 11.2 Å². The fraction of sp³-hybridized carbons (Fsp3) is 0.133. The first kappa shape index (κ1) is 13.4. The fourth-order valence-electron chi connectivity index (χ4n) is 2.34. The lowest BCUT2D eigenvalue weighted by Gasteiger charge is -2.13. The summed E-state index contributed by atoms with van der Waals surface area (Å²) in [5.74, 6) is -0.0301. The number of aliphatic hydroxyl groups is 1. The van der Waals surface area contributed by atoms with Crippen LogP contribution in [0.25, 0.3) is 0 Å². The first-order chi connectivity index (χ1) is 9.52. The molecule has 1 unspecified atom stereocenters. The second-order valence-corrected chi connectivity index (χ2v) is 5.62. The van der Waals surface area contributed by atoms with Crippen molar-refractivity contribution in [1.29, 1.82) is 0 Å². The molecular weight excluding hydrogens is 297 g/mol. The Morgan fingerprint density at radius 3 is 2.45 bits per heavy atom. The fourth-order valence-corrected chi connectivity index (χ4v) is 2.89. The van der Waals surface area contributed by atoms with E-state index in [9.17, 15) is 9.90 Å². The van der Waals surface area contributed by atoms with Gasteiger partial charge < -0.3 is 10.4 Å². The molecule has 3 rings (SSSR count). The van der Waals surface area contributed by atoms with Crippen molar-refractivity contribution < 1.29 is 9.90 Å². The normalized spacial score (nSPS) is 14.8. The molecule has 102 valence electrons. The van der Waals surface area contributed by atoms with Crippen LogP contribution in [-0.4, -0.2) is 11.0 Å². The molecule has 2 aromatic rings. The van der Waals surface area contributed by atoms with E-state index in [4.69, 9.17) is 23.2 Å². The quantitative estimate of drug-likeness (QED) is 0.891. The van der Waals surface area contributed by atoms with Crippen LogP contribution in [0.5, 0.6) is 0 Å². The third-order valence-electron chi connectivity index (χ3n) is 3.27. The van der Waals surface area contributed by atoms with Crippen molar-refractivity contribution in [2.75, 3.05) is 5.32 Å². The summed E-state index contributed by atoms with van der Waals surface area (Å²) in [7, 11) is 0. The summed E-state index contributed by atoms with van der Waals surface area (Å²) in [6, 6.07) is 10.4. The maximum Gasteiger partial charge on any atom is 0.228 e. The van der Waals surface area contributed by atoms with E-state index in [2.05, 4.69) is 5.32 Å². The van der Waals surface area contributed by atoms with Gasteiger partial charge in [0.15, 0.2) is 0 Å². The summed E-state index contributed by atoms with van der Waals surface area (Å²) in [5.41, 5.74) is 3.02. The highest BCUT2D eigenvalue weighted by Gasteiger charge is 2.20. The Kier molecular flexibility index (Phi) is 3.42. The lowest BCUT2D eigenvalue weighted by Crippen LogP contribution is -2.03. The molecule has 0 aromatic heterocycles. The molecule has 0 saturated heterocycles. The monoisotopic (exact) mass is 307 g/mol. The molecule has 0 spiro atoms. The lowest BCUT2D eigenvalue weighted by molar-refractivity contribution is -0.115. The molecule has 1 aliphatic heterocycles. The van der Waals surface area contributed by atoms with Crippen LogP contribution in [0.3, 0.4) is 0 Å². The predicted molar refractivity (Wildman–Crippen MR) is 79.3 cm³/mol. The number of nitrogens with one attached hydrogen (secondary N) is 1. The number of hydrogen-bond donors (Lipinski definition) is 2. The number of halogens is 2. The molecular formula is C15H11Cl2NO2. The summed E-state index contributed by atoms with van der Waals surface area (Å²) in [5, 5.41) is 14.1. The Bertz CT molecular complexity index is 680. The summed E-state index contributed by atoms with van der Waals surface area (Å²) < 4.78 is 0. The number of hydrogen-bond acceptors (Lipinski definition) is 2. The van der Waals surface area contributed by atoms with Crippen LogP contribution in [0.2, 0.25) is 10.0 Å². The first-order valence-corrected chi connectivity index (χ1v) is 6.85. The van der Waals surface area contributed by atoms with Gasteiger partial charge in [0.2, 0.25) is 5.91 Å². The first-order valence-electron chi connectivity index (χ1n) is 6.09. The standard InChI is InChI=1S/C15H11Cl2NO2/c16-11-4-10(5-12(17)7-11)15(20)8-1-2-13-9(3-8)6-14(19)18-13/h1-5,7,15,20H,6H2,(H,18,19). The van der Waals surface area contributed by atoms with Gasteiger partial charge >= 0.3 is 0 Å². The van der Waals surface area contributed by atoms with Gasteiger partial charge in [-0.25, -0.2) is 0 Å². The molecule has 2 aromatic carbocycles. The van der Waals surface area contributed by atoms with E-state index in [-0.39, 0.29) is 5.91 Å². The smallest absolute Gasteiger partial charge is 0.228 e. The van der Waals surface area contributed by atoms with Gasteiger partial charge in [-0.3, -0.25) is 4.79 Å². The molecule has 5 heteroatoms. The maximum absolute atomic E-state index is 11.3. The maximum atomic E-state index is 11.3. The zero-order chi connectivity index (χ0) is 14.3. The second-order valence-electron chi connectivity index (χ2n) is 4.75. The van der Waals surface area contributed by atoms with Crippen LogP contribution in [0.15, 0.2) is 36.4 Å². The molecule has 0 saturated carbocycles. The zero-order valence-corrected chi connectivity index (χ0v) is 11.9. The van der Waals surface area contributed by atoms with Crippen molar-refractivity contribution in [3.8, 4) is 0 Å². The number of amides is 1. The van der Waals surface area contributed by atoms with Gasteiger partial charge in [-0.05, 0) is 41.0 Å². The molecule has 1 atom stereocenters. The van der Waals surface area contributed by atoms with E-state index < -0.39 is 6.10 Å². The number of benzene rings is 2. The summed E-state index contributed by atoms with van der Waals surface area (Å²) in [4.78, 5) is 11.3. The topological polar surface area (TPSA) is 49.3 Å². The third kappa shape index (κ3) is 2.52. The van der Waals surface area contributed by atoms with Crippen LogP contribution in [0.1, 0.15) is 22.8 Å². The highest BCUT2D eigenvalue weighted by molar-refractivity contribution is 6.34. The number of carbonyl (C=O) groups excluding carboxylic acids is 1. The molecule has 1 heterocycles. The highest BCUT2D eigenvalue weighted by Crippen LogP contribution is 2.31. The predicted octanol–water partition coefficient (Wildman–Crippen LogP) is 3.57. The van der Waals surface area contributed by atoms with Gasteiger partial charge in [-0.2, -0.15) is 0 Å². The summed E-state index contributed by atoms with van der Waals surface area (Å²) in [6.07, 6.45) is -0.487. The summed E-state index contributed by atoms with van der Waals surface area (Å²) >= 11 is 11.9. The highest BCUT2D eigenvalue weighted by atomic mass is 35.5.